The number of guanidine groups is 1. The van der Waals surface area contributed by atoms with Crippen LogP contribution in [-0.2, 0) is 54.4 Å². The highest BCUT2D eigenvalue weighted by molar-refractivity contribution is 5.99. The highest BCUT2D eigenvalue weighted by Crippen LogP contribution is 2.12. The average Bonchev–Trinajstić information content (AvgIpc) is 3.29. The van der Waals surface area contributed by atoms with Crippen molar-refractivity contribution in [3.63, 3.8) is 0 Å². The van der Waals surface area contributed by atoms with Gasteiger partial charge in [0.05, 0.1) is 32.3 Å². The number of nitrogens with two attached hydrogens (primary N) is 3. The Balaban J connectivity index is 3.21. The van der Waals surface area contributed by atoms with Gasteiger partial charge in [-0.2, -0.15) is 0 Å². The van der Waals surface area contributed by atoms with Crippen molar-refractivity contribution in [3.05, 3.63) is 29.8 Å². The maximum atomic E-state index is 13.6. The Bertz CT molecular complexity index is 2050. The molecule has 28 nitrogen and oxygen atoms in total. The number of hydrogen-bond donors (Lipinski definition) is 17. The number of aliphatic hydroxyl groups is 3. The zero-order valence-corrected chi connectivity index (χ0v) is 41.0. The van der Waals surface area contributed by atoms with E-state index in [1.54, 1.807) is 13.8 Å². The van der Waals surface area contributed by atoms with Crippen LogP contribution in [0, 0.1) is 17.8 Å². The van der Waals surface area contributed by atoms with Crippen molar-refractivity contribution in [2.45, 2.75) is 128 Å². The fourth-order valence-electron chi connectivity index (χ4n) is 6.61. The van der Waals surface area contributed by atoms with Crippen molar-refractivity contribution >= 4 is 65.2 Å². The van der Waals surface area contributed by atoms with Crippen LogP contribution in [0.5, 0.6) is 5.75 Å². The zero-order chi connectivity index (χ0) is 55.0. The van der Waals surface area contributed by atoms with Crippen molar-refractivity contribution in [2.24, 2.45) is 39.9 Å². The number of benzene rings is 1. The van der Waals surface area contributed by atoms with Crippen molar-refractivity contribution in [1.29, 1.82) is 0 Å². The molecule has 1 aromatic rings. The number of phenols is 1. The van der Waals surface area contributed by atoms with Crippen LogP contribution >= 0.6 is 0 Å². The molecular weight excluding hydrogens is 953 g/mol. The number of rotatable bonds is 32. The molecule has 0 aliphatic heterocycles. The fourth-order valence-corrected chi connectivity index (χ4v) is 6.61. The zero-order valence-electron chi connectivity index (χ0n) is 41.0. The number of hydrogen-bond acceptors (Lipinski definition) is 16. The van der Waals surface area contributed by atoms with Gasteiger partial charge >= 0.3 is 11.9 Å². The predicted octanol–water partition coefficient (Wildman–Crippen LogP) is -5.91. The van der Waals surface area contributed by atoms with Gasteiger partial charge in [0.15, 0.2) is 5.96 Å². The Morgan fingerprint density at radius 1 is 0.542 bits per heavy atom. The van der Waals surface area contributed by atoms with Gasteiger partial charge in [0.2, 0.25) is 47.3 Å². The molecule has 8 amide bonds. The van der Waals surface area contributed by atoms with Crippen LogP contribution in [0.1, 0.15) is 72.8 Å². The molecular formula is C44H72N12O16. The standard InChI is InChI=1S/C44H72N12O16/c1-20(2)14-28(43(71)72)51-42(70)34(22(5)6)55-37(65)27(16-32(61)62)50-41(69)33(21(3)4)56-40(68)31(19-59)54-39(67)30(18-58)53-36(64)26(8-7-13-48-44(46)47)49-38(66)29(17-57)52-35(63)25(45)15-23-9-11-24(60)12-10-23/h9-12,20-22,25-31,33-34,57-60H,7-8,13-19,45H2,1-6H3,(H,49,66)(H,50,69)(H,51,70)(H,52,63)(H,53,64)(H,54,67)(H,55,65)(H,56,68)(H,61,62)(H,71,72)(H4,46,47,48)/t25-,26-,27-,28-,29-,30-,31-,33-,34-/m0/s1. The van der Waals surface area contributed by atoms with Crippen LogP contribution in [0.25, 0.3) is 0 Å². The number of aliphatic hydroxyl groups excluding tert-OH is 3. The molecule has 0 spiro atoms. The number of carboxylic acid groups (broad SMARTS) is 2. The van der Waals surface area contributed by atoms with E-state index in [4.69, 9.17) is 17.2 Å². The van der Waals surface area contributed by atoms with Crippen LogP contribution in [0.3, 0.4) is 0 Å². The monoisotopic (exact) mass is 1020 g/mol. The summed E-state index contributed by atoms with van der Waals surface area (Å²) in [7, 11) is 0. The minimum atomic E-state index is -1.87. The Labute approximate surface area is 415 Å². The number of carbonyl (C=O) groups excluding carboxylic acids is 8. The van der Waals surface area contributed by atoms with Crippen LogP contribution in [-0.4, -0.2) is 177 Å². The van der Waals surface area contributed by atoms with Crippen LogP contribution in [0.15, 0.2) is 29.3 Å². The average molecular weight is 1030 g/mol. The van der Waals surface area contributed by atoms with E-state index in [1.807, 2.05) is 0 Å². The summed E-state index contributed by atoms with van der Waals surface area (Å²) in [5.41, 5.74) is 17.3. The molecule has 0 unspecified atom stereocenters. The van der Waals surface area contributed by atoms with Gasteiger partial charge in [0.25, 0.3) is 0 Å². The second-order valence-corrected chi connectivity index (χ2v) is 17.9. The van der Waals surface area contributed by atoms with Gasteiger partial charge in [-0.15, -0.1) is 0 Å². The van der Waals surface area contributed by atoms with Gasteiger partial charge in [-0.3, -0.25) is 48.1 Å². The molecule has 0 bridgehead atoms. The summed E-state index contributed by atoms with van der Waals surface area (Å²) in [6, 6.07) is -8.41. The Hall–Kier alpha value is -7.17. The molecule has 72 heavy (non-hydrogen) atoms. The Morgan fingerprint density at radius 2 is 0.931 bits per heavy atom. The van der Waals surface area contributed by atoms with Gasteiger partial charge in [-0.1, -0.05) is 53.7 Å². The van der Waals surface area contributed by atoms with E-state index in [9.17, 15) is 78.6 Å². The van der Waals surface area contributed by atoms with E-state index in [0.717, 1.165) is 0 Å². The van der Waals surface area contributed by atoms with E-state index in [0.29, 0.717) is 5.56 Å². The molecule has 1 rings (SSSR count). The second kappa shape index (κ2) is 31.2. The highest BCUT2D eigenvalue weighted by Gasteiger charge is 2.37. The van der Waals surface area contributed by atoms with Crippen molar-refractivity contribution < 1.29 is 78.6 Å². The first-order chi connectivity index (χ1) is 33.6. The molecule has 9 atom stereocenters. The first-order valence-electron chi connectivity index (χ1n) is 22.9. The lowest BCUT2D eigenvalue weighted by molar-refractivity contribution is -0.144. The third kappa shape index (κ3) is 22.3. The fraction of sp³-hybridized carbons (Fsp3) is 0.614. The number of carboxylic acids is 2. The van der Waals surface area contributed by atoms with Crippen molar-refractivity contribution in [2.75, 3.05) is 26.4 Å². The summed E-state index contributed by atoms with van der Waals surface area (Å²) in [4.78, 5) is 134. The van der Waals surface area contributed by atoms with Gasteiger partial charge < -0.3 is 90.4 Å². The molecule has 0 aliphatic rings. The Morgan fingerprint density at radius 3 is 1.33 bits per heavy atom. The smallest absolute Gasteiger partial charge is 0.326 e. The molecule has 0 heterocycles. The lowest BCUT2D eigenvalue weighted by atomic mass is 9.99. The summed E-state index contributed by atoms with van der Waals surface area (Å²) in [6.07, 6.45) is -1.13. The summed E-state index contributed by atoms with van der Waals surface area (Å²) < 4.78 is 0. The molecule has 28 heteroatoms. The molecule has 0 saturated carbocycles. The van der Waals surface area contributed by atoms with Gasteiger partial charge in [0.1, 0.15) is 54.1 Å². The number of aromatic hydroxyl groups is 1. The van der Waals surface area contributed by atoms with E-state index in [1.165, 1.54) is 52.0 Å². The van der Waals surface area contributed by atoms with Crippen molar-refractivity contribution in [1.82, 2.24) is 42.5 Å². The first kappa shape index (κ1) is 62.8. The van der Waals surface area contributed by atoms with Crippen molar-refractivity contribution in [3.8, 4) is 5.75 Å². The number of amides is 8. The second-order valence-electron chi connectivity index (χ2n) is 17.9. The summed E-state index contributed by atoms with van der Waals surface area (Å²) in [6.45, 7) is 6.22. The van der Waals surface area contributed by atoms with Gasteiger partial charge in [-0.05, 0) is 61.1 Å². The van der Waals surface area contributed by atoms with Crippen LogP contribution < -0.4 is 59.7 Å². The number of carbonyl (C=O) groups is 10. The van der Waals surface area contributed by atoms with E-state index >= 15 is 0 Å². The van der Waals surface area contributed by atoms with E-state index in [2.05, 4.69) is 47.5 Å². The third-order valence-electron chi connectivity index (χ3n) is 10.6. The SMILES string of the molecule is CC(C)C[C@H](NC(=O)[C@@H](NC(=O)[C@H](CC(=O)O)NC(=O)[C@@H](NC(=O)[C@H](CO)NC(=O)[C@H](CO)NC(=O)[C@H](CCCN=C(N)N)NC(=O)[C@H](CO)NC(=O)[C@@H](N)Cc1ccc(O)cc1)C(C)C)C(C)C)C(=O)O. The lowest BCUT2D eigenvalue weighted by Gasteiger charge is -2.29. The number of aliphatic imine (C=N–C) groups is 1. The van der Waals surface area contributed by atoms with E-state index in [-0.39, 0.29) is 49.9 Å². The maximum absolute atomic E-state index is 13.6. The minimum absolute atomic E-state index is 0.0176. The van der Waals surface area contributed by atoms with E-state index < -0.39 is 152 Å². The number of nitrogens with zero attached hydrogens (tertiary/aromatic N) is 1. The highest BCUT2D eigenvalue weighted by atomic mass is 16.4. The minimum Gasteiger partial charge on any atom is -0.508 e. The lowest BCUT2D eigenvalue weighted by Crippen LogP contribution is -2.62. The molecule has 0 aromatic heterocycles. The summed E-state index contributed by atoms with van der Waals surface area (Å²) in [5, 5.41) is 77.2. The molecule has 404 valence electrons. The van der Waals surface area contributed by atoms with Crippen LogP contribution in [0.2, 0.25) is 0 Å². The topological polar surface area (TPSA) is 479 Å². The largest absolute Gasteiger partial charge is 0.508 e. The van der Waals surface area contributed by atoms with Crippen LogP contribution in [0.4, 0.5) is 0 Å². The molecule has 20 N–H and O–H groups in total. The molecule has 0 saturated heterocycles. The molecule has 0 fully saturated rings. The normalized spacial score (nSPS) is 14.9. The van der Waals surface area contributed by atoms with Gasteiger partial charge in [0, 0.05) is 6.54 Å². The quantitative estimate of drug-likeness (QED) is 0.0181. The summed E-state index contributed by atoms with van der Waals surface area (Å²) in [5.74, 6) is -13.4. The third-order valence-corrected chi connectivity index (χ3v) is 10.6. The van der Waals surface area contributed by atoms with Gasteiger partial charge in [-0.25, -0.2) is 4.79 Å². The molecule has 0 radical (unpaired) electrons. The Kier molecular flexibility index (Phi) is 27.3. The molecule has 1 aromatic carbocycles. The summed E-state index contributed by atoms with van der Waals surface area (Å²) >= 11 is 0. The maximum Gasteiger partial charge on any atom is 0.326 e. The number of nitrogens with one attached hydrogen (secondary N) is 8. The number of phenolic OH excluding ortho intramolecular Hbond substituents is 1. The molecule has 0 aliphatic carbocycles. The predicted molar refractivity (Wildman–Crippen MR) is 255 cm³/mol. The first-order valence-corrected chi connectivity index (χ1v) is 22.9. The number of aliphatic carboxylic acids is 2.